The zero-order valence-corrected chi connectivity index (χ0v) is 7.52. The van der Waals surface area contributed by atoms with Crippen LogP contribution < -0.4 is 5.32 Å². The molecule has 0 saturated heterocycles. The molecule has 0 aromatic carbocycles. The predicted molar refractivity (Wildman–Crippen MR) is 41.2 cm³/mol. The van der Waals surface area contributed by atoms with E-state index < -0.39 is 24.4 Å². The molecule has 0 amide bonds. The zero-order chi connectivity index (χ0) is 10.7. The number of alkyl halides is 3. The van der Waals surface area contributed by atoms with Crippen molar-refractivity contribution in [1.29, 1.82) is 0 Å². The smallest absolute Gasteiger partial charge is 0.394 e. The Labute approximate surface area is 74.6 Å². The van der Waals surface area contributed by atoms with E-state index in [1.807, 2.05) is 0 Å². The van der Waals surface area contributed by atoms with Crippen molar-refractivity contribution in [2.45, 2.75) is 31.7 Å². The minimum absolute atomic E-state index is 0.294. The van der Waals surface area contributed by atoms with E-state index in [0.717, 1.165) is 0 Å². The van der Waals surface area contributed by atoms with Crippen LogP contribution in [0.3, 0.4) is 0 Å². The molecule has 0 rings (SSSR count). The molecule has 0 aromatic heterocycles. The Bertz CT molecular complexity index is 158. The first kappa shape index (κ1) is 12.7. The molecule has 0 aliphatic heterocycles. The van der Waals surface area contributed by atoms with Gasteiger partial charge in [-0.25, -0.2) is 0 Å². The predicted octanol–water partition coefficient (Wildman–Crippen LogP) is 0.270. The lowest BCUT2D eigenvalue weighted by Gasteiger charge is -2.25. The van der Waals surface area contributed by atoms with Gasteiger partial charge in [0.15, 0.2) is 6.10 Å². The van der Waals surface area contributed by atoms with Crippen molar-refractivity contribution >= 4 is 0 Å². The van der Waals surface area contributed by atoms with Crippen molar-refractivity contribution in [3.8, 4) is 0 Å². The quantitative estimate of drug-likeness (QED) is 0.612. The van der Waals surface area contributed by atoms with Crippen LogP contribution in [0.1, 0.15) is 13.8 Å². The fraction of sp³-hybridized carbons (Fsp3) is 1.00. The molecule has 0 aliphatic carbocycles. The number of aliphatic hydroxyl groups excluding tert-OH is 2. The number of nitrogens with one attached hydrogen (secondary N) is 1. The third kappa shape index (κ3) is 5.07. The SMILES string of the molecule is CC(C)(CO)NCC(O)C(F)(F)F. The number of halogens is 3. The van der Waals surface area contributed by atoms with E-state index in [1.54, 1.807) is 0 Å². The fourth-order valence-electron chi connectivity index (χ4n) is 0.545. The van der Waals surface area contributed by atoms with Crippen LogP contribution in [0.5, 0.6) is 0 Å². The molecule has 0 radical (unpaired) electrons. The molecule has 1 unspecified atom stereocenters. The first-order valence-corrected chi connectivity index (χ1v) is 3.80. The summed E-state index contributed by atoms with van der Waals surface area (Å²) in [4.78, 5) is 0. The minimum atomic E-state index is -4.61. The van der Waals surface area contributed by atoms with Crippen LogP contribution in [0.2, 0.25) is 0 Å². The van der Waals surface area contributed by atoms with Gasteiger partial charge >= 0.3 is 6.18 Å². The van der Waals surface area contributed by atoms with Gasteiger partial charge in [-0.15, -0.1) is 0 Å². The summed E-state index contributed by atoms with van der Waals surface area (Å²) in [6.07, 6.45) is -7.00. The summed E-state index contributed by atoms with van der Waals surface area (Å²) in [6, 6.07) is 0. The summed E-state index contributed by atoms with van der Waals surface area (Å²) in [7, 11) is 0. The van der Waals surface area contributed by atoms with E-state index >= 15 is 0 Å². The van der Waals surface area contributed by atoms with Crippen molar-refractivity contribution in [2.75, 3.05) is 13.2 Å². The van der Waals surface area contributed by atoms with Crippen molar-refractivity contribution in [2.24, 2.45) is 0 Å². The van der Waals surface area contributed by atoms with E-state index in [9.17, 15) is 13.2 Å². The van der Waals surface area contributed by atoms with Crippen LogP contribution in [-0.4, -0.2) is 41.2 Å². The van der Waals surface area contributed by atoms with Gasteiger partial charge in [0.2, 0.25) is 0 Å². The molecule has 1 atom stereocenters. The second-order valence-corrected chi connectivity index (χ2v) is 3.48. The van der Waals surface area contributed by atoms with Crippen LogP contribution in [0.15, 0.2) is 0 Å². The highest BCUT2D eigenvalue weighted by atomic mass is 19.4. The van der Waals surface area contributed by atoms with E-state index in [1.165, 1.54) is 13.8 Å². The Morgan fingerprint density at radius 1 is 1.31 bits per heavy atom. The summed E-state index contributed by atoms with van der Waals surface area (Å²) in [5, 5.41) is 19.7. The highest BCUT2D eigenvalue weighted by Gasteiger charge is 2.38. The molecule has 3 N–H and O–H groups in total. The molecule has 0 aromatic rings. The zero-order valence-electron chi connectivity index (χ0n) is 7.52. The minimum Gasteiger partial charge on any atom is -0.394 e. The maximum atomic E-state index is 11.8. The summed E-state index contributed by atoms with van der Waals surface area (Å²) in [5.74, 6) is 0. The summed E-state index contributed by atoms with van der Waals surface area (Å²) in [5.41, 5.74) is -0.813. The average Bonchev–Trinajstić information content (AvgIpc) is 1.98. The molecule has 80 valence electrons. The number of hydrogen-bond acceptors (Lipinski definition) is 3. The van der Waals surface area contributed by atoms with Gasteiger partial charge in [-0.05, 0) is 13.8 Å². The average molecular weight is 201 g/mol. The summed E-state index contributed by atoms with van der Waals surface area (Å²) >= 11 is 0. The van der Waals surface area contributed by atoms with Crippen LogP contribution in [0.4, 0.5) is 13.2 Å². The van der Waals surface area contributed by atoms with Gasteiger partial charge in [0.25, 0.3) is 0 Å². The number of β-amino-alcohol motifs (C(OH)–C–C–N with tert-alkyl or cyclic N) is 1. The molecule has 13 heavy (non-hydrogen) atoms. The lowest BCUT2D eigenvalue weighted by atomic mass is 10.1. The third-order valence-corrected chi connectivity index (χ3v) is 1.55. The largest absolute Gasteiger partial charge is 0.415 e. The van der Waals surface area contributed by atoms with Crippen LogP contribution in [0, 0.1) is 0 Å². The monoisotopic (exact) mass is 201 g/mol. The first-order chi connectivity index (χ1) is 5.69. The normalized spacial score (nSPS) is 15.9. The highest BCUT2D eigenvalue weighted by Crippen LogP contribution is 2.19. The summed E-state index contributed by atoms with van der Waals surface area (Å²) in [6.45, 7) is 2.17. The fourth-order valence-corrected chi connectivity index (χ4v) is 0.545. The maximum absolute atomic E-state index is 11.8. The van der Waals surface area contributed by atoms with Crippen molar-refractivity contribution in [3.05, 3.63) is 0 Å². The second kappa shape index (κ2) is 4.26. The number of aliphatic hydroxyl groups is 2. The Morgan fingerprint density at radius 2 is 1.77 bits per heavy atom. The molecular weight excluding hydrogens is 187 g/mol. The molecule has 3 nitrogen and oxygen atoms in total. The standard InChI is InChI=1S/C7H14F3NO2/c1-6(2,4-12)11-3-5(13)7(8,9)10/h5,11-13H,3-4H2,1-2H3. The van der Waals surface area contributed by atoms with Gasteiger partial charge in [0.1, 0.15) is 0 Å². The Kier molecular flexibility index (Phi) is 4.15. The van der Waals surface area contributed by atoms with Crippen molar-refractivity contribution in [1.82, 2.24) is 5.32 Å². The molecule has 6 heteroatoms. The molecule has 0 saturated carbocycles. The molecule has 0 spiro atoms. The van der Waals surface area contributed by atoms with Gasteiger partial charge in [-0.1, -0.05) is 0 Å². The Hall–Kier alpha value is -0.330. The molecular formula is C7H14F3NO2. The van der Waals surface area contributed by atoms with Crippen molar-refractivity contribution in [3.63, 3.8) is 0 Å². The van der Waals surface area contributed by atoms with E-state index in [4.69, 9.17) is 10.2 Å². The van der Waals surface area contributed by atoms with Crippen molar-refractivity contribution < 1.29 is 23.4 Å². The maximum Gasteiger partial charge on any atom is 0.415 e. The van der Waals surface area contributed by atoms with Crippen LogP contribution in [-0.2, 0) is 0 Å². The molecule has 0 heterocycles. The Balaban J connectivity index is 3.90. The van der Waals surface area contributed by atoms with E-state index in [-0.39, 0.29) is 6.61 Å². The van der Waals surface area contributed by atoms with Gasteiger partial charge in [-0.2, -0.15) is 13.2 Å². The van der Waals surface area contributed by atoms with Gasteiger partial charge in [0, 0.05) is 12.1 Å². The molecule has 0 fully saturated rings. The van der Waals surface area contributed by atoms with E-state index in [2.05, 4.69) is 5.32 Å². The topological polar surface area (TPSA) is 52.5 Å². The van der Waals surface area contributed by atoms with E-state index in [0.29, 0.717) is 0 Å². The van der Waals surface area contributed by atoms with Gasteiger partial charge < -0.3 is 15.5 Å². The van der Waals surface area contributed by atoms with Crippen LogP contribution in [0.25, 0.3) is 0 Å². The highest BCUT2D eigenvalue weighted by molar-refractivity contribution is 4.79. The third-order valence-electron chi connectivity index (χ3n) is 1.55. The Morgan fingerprint density at radius 3 is 2.08 bits per heavy atom. The molecule has 0 bridgehead atoms. The van der Waals surface area contributed by atoms with Gasteiger partial charge in [-0.3, -0.25) is 0 Å². The van der Waals surface area contributed by atoms with Gasteiger partial charge in [0.05, 0.1) is 6.61 Å². The molecule has 0 aliphatic rings. The number of rotatable bonds is 4. The lowest BCUT2D eigenvalue weighted by Crippen LogP contribution is -2.49. The second-order valence-electron chi connectivity index (χ2n) is 3.48. The first-order valence-electron chi connectivity index (χ1n) is 3.80. The number of hydrogen-bond donors (Lipinski definition) is 3. The van der Waals surface area contributed by atoms with Crippen LogP contribution >= 0.6 is 0 Å². The summed E-state index contributed by atoms with van der Waals surface area (Å²) < 4.78 is 35.3. The lowest BCUT2D eigenvalue weighted by molar-refractivity contribution is -0.202.